The number of ether oxygens (including phenoxy) is 1. The highest BCUT2D eigenvalue weighted by atomic mass is 32.2. The molecule has 0 spiro atoms. The number of benzene rings is 2. The van der Waals surface area contributed by atoms with Crippen LogP contribution in [-0.2, 0) is 11.2 Å². The molecule has 2 heterocycles. The molecule has 2 aliphatic rings. The van der Waals surface area contributed by atoms with Crippen LogP contribution in [0.1, 0.15) is 75.5 Å². The number of amides is 2. The number of imidazole rings is 1. The van der Waals surface area contributed by atoms with Crippen LogP contribution in [0.15, 0.2) is 67.0 Å². The van der Waals surface area contributed by atoms with Crippen molar-refractivity contribution >= 4 is 23.8 Å². The molecule has 1 N–H and O–H groups in total. The van der Waals surface area contributed by atoms with Crippen molar-refractivity contribution in [1.82, 2.24) is 19.4 Å². The molecule has 2 aromatic carbocycles. The Balaban J connectivity index is 1.51. The molecule has 3 atom stereocenters. The van der Waals surface area contributed by atoms with Crippen LogP contribution in [0.25, 0.3) is 11.3 Å². The van der Waals surface area contributed by atoms with Crippen LogP contribution in [-0.4, -0.2) is 84.8 Å². The number of piperazine rings is 1. The summed E-state index contributed by atoms with van der Waals surface area (Å²) in [5, 5.41) is 11.9. The Hall–Kier alpha value is -3.30. The minimum absolute atomic E-state index is 0.158. The normalized spacial score (nSPS) is 22.6. The quantitative estimate of drug-likeness (QED) is 0.312. The van der Waals surface area contributed by atoms with E-state index in [-0.39, 0.29) is 24.1 Å². The molecule has 1 saturated heterocycles. The van der Waals surface area contributed by atoms with Crippen molar-refractivity contribution in [3.63, 3.8) is 0 Å². The van der Waals surface area contributed by atoms with Gasteiger partial charge in [-0.2, -0.15) is 11.8 Å². The van der Waals surface area contributed by atoms with Crippen molar-refractivity contribution in [1.29, 1.82) is 0 Å². The summed E-state index contributed by atoms with van der Waals surface area (Å²) in [6.45, 7) is 8.82. The summed E-state index contributed by atoms with van der Waals surface area (Å²) in [6.07, 6.45) is 5.56. The Morgan fingerprint density at radius 2 is 1.75 bits per heavy atom. The lowest BCUT2D eigenvalue weighted by molar-refractivity contribution is -0.0199. The average Bonchev–Trinajstić information content (AvgIpc) is 3.45. The lowest BCUT2D eigenvalue weighted by atomic mass is 9.81. The van der Waals surface area contributed by atoms with Gasteiger partial charge in [-0.05, 0) is 51.3 Å². The van der Waals surface area contributed by atoms with E-state index in [0.29, 0.717) is 37.5 Å². The molecule has 1 saturated carbocycles. The molecule has 3 aromatic rings. The third kappa shape index (κ3) is 7.32. The molecular formula is C35H46N4O4S. The first-order valence-corrected chi connectivity index (χ1v) is 17.0. The summed E-state index contributed by atoms with van der Waals surface area (Å²) in [4.78, 5) is 36.0. The number of rotatable bonds is 8. The van der Waals surface area contributed by atoms with Crippen LogP contribution in [0.5, 0.6) is 0 Å². The van der Waals surface area contributed by atoms with E-state index in [2.05, 4.69) is 23.6 Å². The molecule has 8 nitrogen and oxygen atoms in total. The van der Waals surface area contributed by atoms with E-state index in [4.69, 9.17) is 9.72 Å². The van der Waals surface area contributed by atoms with Crippen molar-refractivity contribution in [3.8, 4) is 11.3 Å². The van der Waals surface area contributed by atoms with Crippen LogP contribution in [0.2, 0.25) is 0 Å². The molecule has 1 aliphatic heterocycles. The molecule has 2 amide bonds. The van der Waals surface area contributed by atoms with E-state index in [1.54, 1.807) is 23.0 Å². The zero-order chi connectivity index (χ0) is 31.3. The maximum absolute atomic E-state index is 14.6. The van der Waals surface area contributed by atoms with Crippen molar-refractivity contribution < 1.29 is 19.4 Å². The third-order valence-electron chi connectivity index (χ3n) is 8.60. The van der Waals surface area contributed by atoms with Gasteiger partial charge >= 0.3 is 6.09 Å². The summed E-state index contributed by atoms with van der Waals surface area (Å²) in [5.41, 5.74) is 1.64. The molecule has 1 aliphatic carbocycles. The van der Waals surface area contributed by atoms with Crippen LogP contribution in [0.3, 0.4) is 0 Å². The van der Waals surface area contributed by atoms with Crippen LogP contribution >= 0.6 is 11.8 Å². The lowest BCUT2D eigenvalue weighted by Crippen LogP contribution is -2.58. The number of aliphatic hydroxyl groups is 1. The highest BCUT2D eigenvalue weighted by Crippen LogP contribution is 2.42. The summed E-state index contributed by atoms with van der Waals surface area (Å²) in [7, 11) is 0. The molecular weight excluding hydrogens is 572 g/mol. The smallest absolute Gasteiger partial charge is 0.410 e. The fourth-order valence-electron chi connectivity index (χ4n) is 6.50. The van der Waals surface area contributed by atoms with Gasteiger partial charge in [-0.1, -0.05) is 80.4 Å². The summed E-state index contributed by atoms with van der Waals surface area (Å²) in [5.74, 6) is 1.43. The van der Waals surface area contributed by atoms with Crippen molar-refractivity contribution in [2.24, 2.45) is 0 Å². The number of hydrogen-bond donors (Lipinski definition) is 1. The number of carbonyl (C=O) groups excluding carboxylic acids is 2. The predicted molar refractivity (Wildman–Crippen MR) is 176 cm³/mol. The van der Waals surface area contributed by atoms with Gasteiger partial charge in [-0.15, -0.1) is 0 Å². The molecule has 44 heavy (non-hydrogen) atoms. The highest BCUT2D eigenvalue weighted by molar-refractivity contribution is 7.99. The van der Waals surface area contributed by atoms with Gasteiger partial charge in [0.15, 0.2) is 5.69 Å². The van der Waals surface area contributed by atoms with Gasteiger partial charge in [0.25, 0.3) is 5.91 Å². The third-order valence-corrected chi connectivity index (χ3v) is 9.71. The fraction of sp³-hybridized carbons (Fsp3) is 0.514. The minimum Gasteiger partial charge on any atom is -0.444 e. The van der Waals surface area contributed by atoms with Gasteiger partial charge in [0.1, 0.15) is 5.60 Å². The van der Waals surface area contributed by atoms with Crippen molar-refractivity contribution in [3.05, 3.63) is 78.2 Å². The SMILES string of the molecule is CCSCC1(O)CCCCC1n1cnc(C(=O)N2CCN(C(=O)OC(C)(C)C)C[C@H]2Cc2ccccc2)c1-c1ccccc1. The molecule has 1 aromatic heterocycles. The Morgan fingerprint density at radius 3 is 2.43 bits per heavy atom. The van der Waals surface area contributed by atoms with Crippen LogP contribution in [0.4, 0.5) is 4.79 Å². The minimum atomic E-state index is -0.877. The second kappa shape index (κ2) is 13.8. The molecule has 5 rings (SSSR count). The van der Waals surface area contributed by atoms with E-state index in [0.717, 1.165) is 48.3 Å². The summed E-state index contributed by atoms with van der Waals surface area (Å²) in [6, 6.07) is 19.6. The second-order valence-electron chi connectivity index (χ2n) is 13.0. The van der Waals surface area contributed by atoms with Crippen LogP contribution < -0.4 is 0 Å². The van der Waals surface area contributed by atoms with E-state index in [9.17, 15) is 14.7 Å². The molecule has 0 radical (unpaired) electrons. The number of carbonyl (C=O) groups is 2. The number of nitrogens with zero attached hydrogens (tertiary/aromatic N) is 4. The van der Waals surface area contributed by atoms with E-state index < -0.39 is 11.2 Å². The Bertz CT molecular complexity index is 1410. The van der Waals surface area contributed by atoms with Crippen molar-refractivity contribution in [2.45, 2.75) is 83.1 Å². The van der Waals surface area contributed by atoms with Gasteiger partial charge in [-0.3, -0.25) is 4.79 Å². The van der Waals surface area contributed by atoms with E-state index >= 15 is 0 Å². The van der Waals surface area contributed by atoms with Gasteiger partial charge in [-0.25, -0.2) is 9.78 Å². The highest BCUT2D eigenvalue weighted by Gasteiger charge is 2.42. The van der Waals surface area contributed by atoms with Gasteiger partial charge in [0, 0.05) is 31.0 Å². The first kappa shape index (κ1) is 32.1. The van der Waals surface area contributed by atoms with Crippen molar-refractivity contribution in [2.75, 3.05) is 31.1 Å². The van der Waals surface area contributed by atoms with Gasteiger partial charge in [0.2, 0.25) is 0 Å². The van der Waals surface area contributed by atoms with E-state index in [1.165, 1.54) is 0 Å². The molecule has 0 bridgehead atoms. The average molecular weight is 619 g/mol. The zero-order valence-corrected chi connectivity index (χ0v) is 27.3. The first-order valence-electron chi connectivity index (χ1n) is 15.8. The van der Waals surface area contributed by atoms with Gasteiger partial charge in [0.05, 0.1) is 29.7 Å². The monoisotopic (exact) mass is 618 g/mol. The number of thioether (sulfide) groups is 1. The summed E-state index contributed by atoms with van der Waals surface area (Å²) < 4.78 is 7.76. The largest absolute Gasteiger partial charge is 0.444 e. The number of aromatic nitrogens is 2. The molecule has 2 unspecified atom stereocenters. The lowest BCUT2D eigenvalue weighted by Gasteiger charge is -2.42. The summed E-state index contributed by atoms with van der Waals surface area (Å²) >= 11 is 1.75. The zero-order valence-electron chi connectivity index (χ0n) is 26.4. The number of hydrogen-bond acceptors (Lipinski definition) is 6. The predicted octanol–water partition coefficient (Wildman–Crippen LogP) is 6.45. The topological polar surface area (TPSA) is 87.9 Å². The Labute approximate surface area is 265 Å². The second-order valence-corrected chi connectivity index (χ2v) is 14.3. The standard InChI is InChI=1S/C35H46N4O4S/c1-5-44-24-35(42)19-13-12-18-29(35)39-25-36-30(31(39)27-16-10-7-11-17-27)32(40)38-21-20-37(33(41)43-34(2,3)4)23-28(38)22-26-14-8-6-9-15-26/h6-11,14-17,25,28-29,42H,5,12-13,18-24H2,1-4H3/t28-,29?,35?/m1/s1. The van der Waals surface area contributed by atoms with Crippen LogP contribution in [0, 0.1) is 0 Å². The first-order chi connectivity index (χ1) is 21.1. The molecule has 2 fully saturated rings. The fourth-order valence-corrected chi connectivity index (χ4v) is 7.39. The Kier molecular flexibility index (Phi) is 10.1. The molecule has 236 valence electrons. The van der Waals surface area contributed by atoms with Gasteiger partial charge < -0.3 is 24.2 Å². The maximum atomic E-state index is 14.6. The molecule has 9 heteroatoms. The Morgan fingerprint density at radius 1 is 1.05 bits per heavy atom. The van der Waals surface area contributed by atoms with E-state index in [1.807, 2.05) is 74.2 Å². The maximum Gasteiger partial charge on any atom is 0.410 e.